The van der Waals surface area contributed by atoms with Gasteiger partial charge in [-0.15, -0.1) is 11.3 Å². The fraction of sp³-hybridized carbons (Fsp3) is 0.261. The van der Waals surface area contributed by atoms with E-state index in [9.17, 15) is 4.79 Å². The van der Waals surface area contributed by atoms with Crippen LogP contribution in [0.4, 0.5) is 5.82 Å². The van der Waals surface area contributed by atoms with Crippen molar-refractivity contribution in [3.8, 4) is 10.6 Å². The van der Waals surface area contributed by atoms with E-state index >= 15 is 0 Å². The number of hydrogen-bond acceptors (Lipinski definition) is 5. The van der Waals surface area contributed by atoms with Crippen molar-refractivity contribution >= 4 is 34.0 Å². The first-order valence-electron chi connectivity index (χ1n) is 10.1. The lowest BCUT2D eigenvalue weighted by molar-refractivity contribution is 0.0741. The van der Waals surface area contributed by atoms with Crippen molar-refractivity contribution in [1.82, 2.24) is 19.9 Å². The van der Waals surface area contributed by atoms with Crippen LogP contribution in [0, 0.1) is 13.8 Å². The van der Waals surface area contributed by atoms with Gasteiger partial charge in [0.1, 0.15) is 16.5 Å². The smallest absolute Gasteiger partial charge is 0.270 e. The summed E-state index contributed by atoms with van der Waals surface area (Å²) in [5.74, 6) is 1.00. The van der Waals surface area contributed by atoms with Gasteiger partial charge in [-0.25, -0.2) is 9.97 Å². The van der Waals surface area contributed by atoms with Crippen molar-refractivity contribution in [2.24, 2.45) is 0 Å². The minimum absolute atomic E-state index is 0.0590. The van der Waals surface area contributed by atoms with Gasteiger partial charge in [-0.1, -0.05) is 18.2 Å². The van der Waals surface area contributed by atoms with Crippen molar-refractivity contribution < 1.29 is 4.79 Å². The summed E-state index contributed by atoms with van der Waals surface area (Å²) in [6.45, 7) is 7.04. The number of fused-ring (bicyclic) bond motifs is 1. The standard InChI is InChI=1S/C23H23N5OS/c1-15-16(2)30-22(25-15)18-7-8-21(24-14-18)27-9-11-28(12-10-27)23(29)20-13-17-5-3-4-6-19(17)26-20/h3-8,13-14,26H,9-12H2,1-2H3. The number of benzene rings is 1. The molecule has 0 radical (unpaired) electrons. The molecular formula is C23H23N5OS. The van der Waals surface area contributed by atoms with Crippen LogP contribution in [-0.4, -0.2) is 51.9 Å². The normalized spacial score (nSPS) is 14.5. The van der Waals surface area contributed by atoms with Crippen LogP contribution < -0.4 is 4.90 Å². The van der Waals surface area contributed by atoms with Crippen molar-refractivity contribution in [3.63, 3.8) is 0 Å². The average molecular weight is 418 g/mol. The molecule has 1 fully saturated rings. The molecular weight excluding hydrogens is 394 g/mol. The van der Waals surface area contributed by atoms with E-state index in [1.807, 2.05) is 48.4 Å². The van der Waals surface area contributed by atoms with Gasteiger partial charge in [0.05, 0.1) is 5.69 Å². The molecule has 6 nitrogen and oxygen atoms in total. The number of aromatic nitrogens is 3. The Morgan fingerprint density at radius 2 is 1.87 bits per heavy atom. The summed E-state index contributed by atoms with van der Waals surface area (Å²) in [6.07, 6.45) is 1.90. The highest BCUT2D eigenvalue weighted by Gasteiger charge is 2.24. The molecule has 4 heterocycles. The monoisotopic (exact) mass is 417 g/mol. The number of hydrogen-bond donors (Lipinski definition) is 1. The summed E-state index contributed by atoms with van der Waals surface area (Å²) < 4.78 is 0. The van der Waals surface area contributed by atoms with Gasteiger partial charge in [-0.2, -0.15) is 0 Å². The van der Waals surface area contributed by atoms with Gasteiger partial charge in [0.15, 0.2) is 0 Å². The number of carbonyl (C=O) groups excluding carboxylic acids is 1. The molecule has 0 spiro atoms. The number of para-hydroxylation sites is 1. The zero-order chi connectivity index (χ0) is 20.7. The fourth-order valence-electron chi connectivity index (χ4n) is 3.79. The maximum Gasteiger partial charge on any atom is 0.270 e. The largest absolute Gasteiger partial charge is 0.353 e. The predicted molar refractivity (Wildman–Crippen MR) is 121 cm³/mol. The van der Waals surface area contributed by atoms with E-state index < -0.39 is 0 Å². The highest BCUT2D eigenvalue weighted by Crippen LogP contribution is 2.28. The second kappa shape index (κ2) is 7.57. The van der Waals surface area contributed by atoms with Crippen molar-refractivity contribution in [3.05, 3.63) is 64.9 Å². The molecule has 0 atom stereocenters. The summed E-state index contributed by atoms with van der Waals surface area (Å²) in [6, 6.07) is 14.0. The molecule has 1 N–H and O–H groups in total. The third-order valence-corrected chi connectivity index (χ3v) is 6.80. The quantitative estimate of drug-likeness (QED) is 0.541. The topological polar surface area (TPSA) is 65.1 Å². The maximum atomic E-state index is 12.9. The van der Waals surface area contributed by atoms with E-state index in [4.69, 9.17) is 0 Å². The van der Waals surface area contributed by atoms with Gasteiger partial charge < -0.3 is 14.8 Å². The fourth-order valence-corrected chi connectivity index (χ4v) is 4.70. The van der Waals surface area contributed by atoms with E-state index in [2.05, 4.69) is 38.9 Å². The van der Waals surface area contributed by atoms with E-state index in [1.54, 1.807) is 11.3 Å². The Bertz CT molecular complexity index is 1150. The number of H-pyrrole nitrogens is 1. The maximum absolute atomic E-state index is 12.9. The summed E-state index contributed by atoms with van der Waals surface area (Å²) in [7, 11) is 0. The second-order valence-corrected chi connectivity index (χ2v) is 8.82. The van der Waals surface area contributed by atoms with Crippen LogP contribution in [-0.2, 0) is 0 Å². The number of thiazole rings is 1. The molecule has 1 amide bonds. The van der Waals surface area contributed by atoms with E-state index in [1.165, 1.54) is 4.88 Å². The lowest BCUT2D eigenvalue weighted by atomic mass is 10.2. The number of piperazine rings is 1. The number of nitrogens with zero attached hydrogens (tertiary/aromatic N) is 4. The van der Waals surface area contributed by atoms with Crippen LogP contribution in [0.5, 0.6) is 0 Å². The first-order valence-corrected chi connectivity index (χ1v) is 10.9. The first kappa shape index (κ1) is 18.8. The van der Waals surface area contributed by atoms with E-state index in [-0.39, 0.29) is 5.91 Å². The van der Waals surface area contributed by atoms with Gasteiger partial charge in [0.2, 0.25) is 0 Å². The summed E-state index contributed by atoms with van der Waals surface area (Å²) in [5.41, 5.74) is 3.78. The zero-order valence-electron chi connectivity index (χ0n) is 17.1. The highest BCUT2D eigenvalue weighted by molar-refractivity contribution is 7.15. The third kappa shape index (κ3) is 3.45. The van der Waals surface area contributed by atoms with Crippen LogP contribution in [0.2, 0.25) is 0 Å². The Morgan fingerprint density at radius 1 is 1.07 bits per heavy atom. The summed E-state index contributed by atoms with van der Waals surface area (Å²) >= 11 is 1.70. The Morgan fingerprint density at radius 3 is 2.53 bits per heavy atom. The van der Waals surface area contributed by atoms with Crippen LogP contribution in [0.25, 0.3) is 21.5 Å². The van der Waals surface area contributed by atoms with E-state index in [0.29, 0.717) is 18.8 Å². The number of carbonyl (C=O) groups is 1. The Balaban J connectivity index is 1.24. The molecule has 1 saturated heterocycles. The van der Waals surface area contributed by atoms with Crippen LogP contribution in [0.15, 0.2) is 48.7 Å². The average Bonchev–Trinajstić information content (AvgIpc) is 3.37. The highest BCUT2D eigenvalue weighted by atomic mass is 32.1. The molecule has 5 rings (SSSR count). The van der Waals surface area contributed by atoms with Gasteiger partial charge in [0.25, 0.3) is 5.91 Å². The van der Waals surface area contributed by atoms with Gasteiger partial charge in [-0.05, 0) is 38.1 Å². The number of pyridine rings is 1. The lowest BCUT2D eigenvalue weighted by Crippen LogP contribution is -2.49. The second-order valence-electron chi connectivity index (χ2n) is 7.62. The predicted octanol–water partition coefficient (Wildman–Crippen LogP) is 4.27. The van der Waals surface area contributed by atoms with Gasteiger partial charge >= 0.3 is 0 Å². The minimum Gasteiger partial charge on any atom is -0.353 e. The van der Waals surface area contributed by atoms with Gasteiger partial charge in [-0.3, -0.25) is 4.79 Å². The third-order valence-electron chi connectivity index (χ3n) is 5.67. The molecule has 7 heteroatoms. The number of nitrogens with one attached hydrogen (secondary N) is 1. The Hall–Kier alpha value is -3.19. The molecule has 0 bridgehead atoms. The van der Waals surface area contributed by atoms with Crippen molar-refractivity contribution in [2.45, 2.75) is 13.8 Å². The molecule has 1 aliphatic rings. The van der Waals surface area contributed by atoms with Crippen molar-refractivity contribution in [2.75, 3.05) is 31.1 Å². The lowest BCUT2D eigenvalue weighted by Gasteiger charge is -2.35. The van der Waals surface area contributed by atoms with Crippen LogP contribution in [0.1, 0.15) is 21.1 Å². The number of aryl methyl sites for hydroxylation is 2. The zero-order valence-corrected chi connectivity index (χ0v) is 17.9. The molecule has 30 heavy (non-hydrogen) atoms. The molecule has 4 aromatic rings. The summed E-state index contributed by atoms with van der Waals surface area (Å²) in [5, 5.41) is 2.08. The van der Waals surface area contributed by atoms with Crippen molar-refractivity contribution in [1.29, 1.82) is 0 Å². The number of aromatic amines is 1. The SMILES string of the molecule is Cc1nc(-c2ccc(N3CCN(C(=O)c4cc5ccccc5[nH]4)CC3)nc2)sc1C. The molecule has 3 aromatic heterocycles. The Kier molecular flexibility index (Phi) is 4.75. The molecule has 0 unspecified atom stereocenters. The first-order chi connectivity index (χ1) is 14.6. The summed E-state index contributed by atoms with van der Waals surface area (Å²) in [4.78, 5) is 30.8. The molecule has 1 aliphatic heterocycles. The minimum atomic E-state index is 0.0590. The van der Waals surface area contributed by atoms with Gasteiger partial charge in [0, 0.05) is 53.7 Å². The number of rotatable bonds is 3. The molecule has 0 saturated carbocycles. The van der Waals surface area contributed by atoms with Crippen LogP contribution in [0.3, 0.4) is 0 Å². The molecule has 0 aliphatic carbocycles. The van der Waals surface area contributed by atoms with Crippen LogP contribution >= 0.6 is 11.3 Å². The van der Waals surface area contributed by atoms with E-state index in [0.717, 1.165) is 46.1 Å². The number of anilines is 1. The molecule has 152 valence electrons. The Labute approximate surface area is 179 Å². The molecule has 1 aromatic carbocycles. The number of amides is 1.